The lowest BCUT2D eigenvalue weighted by molar-refractivity contribution is -0.634. The number of benzene rings is 12. The van der Waals surface area contributed by atoms with E-state index in [1.54, 1.807) is 0 Å². The van der Waals surface area contributed by atoms with Crippen molar-refractivity contribution in [2.24, 2.45) is 28.2 Å². The van der Waals surface area contributed by atoms with Crippen molar-refractivity contribution >= 4 is 44.1 Å². The van der Waals surface area contributed by atoms with Crippen LogP contribution in [0.1, 0.15) is 149 Å². The van der Waals surface area contributed by atoms with E-state index in [-0.39, 0.29) is 16.2 Å². The largest absolute Gasteiger partial charge is 0.295 e. The molecule has 4 aliphatic carbocycles. The Morgan fingerprint density at radius 3 is 0.697 bits per heavy atom. The average molecular weight is 1730 g/mol. The number of fused-ring (bicyclic) bond motifs is 16. The number of aromatic nitrogens is 12. The molecule has 20 aromatic rings. The summed E-state index contributed by atoms with van der Waals surface area (Å²) in [5, 5.41) is 0. The van der Waals surface area contributed by atoms with Gasteiger partial charge in [-0.1, -0.05) is 225 Å². The SMILES string of the molecule is Cc1ccc2c(n1)C(C)(C)c1cc(-c3n(-c4ccccc4)c4ccccc4[n+]3C)c(C)cc1-2.Cc1ccc2c(n1)C(C)(C)c1cc(-c3n(-c4ccccc4)c4ccccc4[n+]3C)c(C)cc1-2.Cc1ccc2c(n1)C(C)(C)c1cc(C)c(-c3n(-c4ccccc4)c4ccccc4[n+]3C)cc1-2.[2H]C([2H])([2H])C1(C)c2cc(C)c(-c3n(-c4ccccc4)c4ccccc4[n+]3C)cc2-c2ccc(C)nc21. The normalized spacial score (nSPS) is 15.0. The van der Waals surface area contributed by atoms with E-state index in [0.717, 1.165) is 73.1 Å². The van der Waals surface area contributed by atoms with Crippen LogP contribution in [-0.4, -0.2) is 38.2 Å². The van der Waals surface area contributed by atoms with Crippen molar-refractivity contribution in [3.63, 3.8) is 0 Å². The molecule has 12 aromatic carbocycles. The van der Waals surface area contributed by atoms with Gasteiger partial charge in [0.05, 0.1) is 73.2 Å². The molecule has 0 aliphatic heterocycles. The molecule has 1 atom stereocenters. The third-order valence-corrected chi connectivity index (χ3v) is 28.6. The van der Waals surface area contributed by atoms with Gasteiger partial charge < -0.3 is 0 Å². The van der Waals surface area contributed by atoms with Crippen LogP contribution in [0.2, 0.25) is 0 Å². The lowest BCUT2D eigenvalue weighted by atomic mass is 9.83. The highest BCUT2D eigenvalue weighted by Crippen LogP contribution is 2.55. The van der Waals surface area contributed by atoms with Gasteiger partial charge in [0.25, 0.3) is 23.3 Å². The van der Waals surface area contributed by atoms with Crippen LogP contribution < -0.4 is 18.3 Å². The summed E-state index contributed by atoms with van der Waals surface area (Å²) in [7, 11) is 8.62. The van der Waals surface area contributed by atoms with Gasteiger partial charge >= 0.3 is 0 Å². The minimum Gasteiger partial charge on any atom is -0.257 e. The molecule has 0 saturated heterocycles. The predicted molar refractivity (Wildman–Crippen MR) is 539 cm³/mol. The lowest BCUT2D eigenvalue weighted by Crippen LogP contribution is -2.30. The van der Waals surface area contributed by atoms with E-state index in [1.807, 2.05) is 32.0 Å². The van der Waals surface area contributed by atoms with E-state index >= 15 is 0 Å². The Labute approximate surface area is 778 Å². The molecule has 0 radical (unpaired) electrons. The van der Waals surface area contributed by atoms with Crippen molar-refractivity contribution in [3.05, 3.63) is 406 Å². The van der Waals surface area contributed by atoms with Gasteiger partial charge in [-0.25, -0.2) is 18.3 Å². The van der Waals surface area contributed by atoms with Crippen LogP contribution in [0, 0.1) is 55.4 Å². The van der Waals surface area contributed by atoms with E-state index in [1.165, 1.54) is 168 Å². The summed E-state index contributed by atoms with van der Waals surface area (Å²) in [5.41, 5.74) is 44.9. The third-order valence-electron chi connectivity index (χ3n) is 28.6. The second kappa shape index (κ2) is 31.5. The molecule has 0 spiro atoms. The van der Waals surface area contributed by atoms with Crippen LogP contribution in [0.25, 0.3) is 157 Å². The van der Waals surface area contributed by atoms with Gasteiger partial charge in [0.1, 0.15) is 22.7 Å². The van der Waals surface area contributed by atoms with Gasteiger partial charge in [-0.15, -0.1) is 0 Å². The smallest absolute Gasteiger partial charge is 0.257 e. The van der Waals surface area contributed by atoms with Crippen LogP contribution in [-0.2, 0) is 49.9 Å². The third kappa shape index (κ3) is 13.2. The number of imidazole rings is 4. The molecule has 0 amide bonds. The van der Waals surface area contributed by atoms with E-state index in [0.29, 0.717) is 5.69 Å². The molecule has 132 heavy (non-hydrogen) atoms. The van der Waals surface area contributed by atoms with Crippen LogP contribution >= 0.6 is 0 Å². The number of hydrogen-bond acceptors (Lipinski definition) is 4. The number of pyridine rings is 4. The Morgan fingerprint density at radius 2 is 0.432 bits per heavy atom. The van der Waals surface area contributed by atoms with Gasteiger partial charge in [0.2, 0.25) is 0 Å². The summed E-state index contributed by atoms with van der Waals surface area (Å²) in [6, 6.07) is 112. The van der Waals surface area contributed by atoms with E-state index < -0.39 is 12.3 Å². The Hall–Kier alpha value is -14.9. The molecule has 0 N–H and O–H groups in total. The Bertz CT molecular complexity index is 8030. The molecule has 12 heteroatoms. The van der Waals surface area contributed by atoms with E-state index in [4.69, 9.17) is 24.0 Å². The van der Waals surface area contributed by atoms with Crippen LogP contribution in [0.15, 0.2) is 315 Å². The van der Waals surface area contributed by atoms with E-state index in [9.17, 15) is 0 Å². The zero-order valence-electron chi connectivity index (χ0n) is 81.9. The monoisotopic (exact) mass is 1720 g/mol. The standard InChI is InChI=1S/4C30H28N3/c2*1-19-17-25-24(22-16-15-20(2)31-28(22)30(25,3)4)18-23(19)29-32(5)26-13-9-10-14-27(26)33(29)21-11-7-6-8-12-21;2*1-19-17-24-22-16-15-20(2)31-28(22)30(3,4)25(24)18-23(19)29-32(5)26-13-9-10-14-27(26)33(29)21-11-7-6-8-12-21/h4*6-18H,1-5H3/q4*+1/i3D3;;;. The maximum Gasteiger partial charge on any atom is 0.295 e. The topological polar surface area (TPSA) is 86.8 Å². The fourth-order valence-corrected chi connectivity index (χ4v) is 21.9. The minimum absolute atomic E-state index is 0.103. The highest BCUT2D eigenvalue weighted by atomic mass is 15.2. The minimum atomic E-state index is -2.23. The van der Waals surface area contributed by atoms with Crippen molar-refractivity contribution in [1.29, 1.82) is 0 Å². The molecule has 648 valence electrons. The number of aryl methyl sites for hydroxylation is 12. The summed E-state index contributed by atoms with van der Waals surface area (Å²) in [4.78, 5) is 19.6. The Balaban J connectivity index is 0.000000108. The molecule has 4 aliphatic rings. The molecule has 8 heterocycles. The molecule has 0 saturated carbocycles. The zero-order valence-corrected chi connectivity index (χ0v) is 78.9. The van der Waals surface area contributed by atoms with Crippen molar-refractivity contribution in [3.8, 4) is 113 Å². The quantitative estimate of drug-likeness (QED) is 0.142. The molecule has 8 aromatic heterocycles. The van der Waals surface area contributed by atoms with Gasteiger partial charge in [0.15, 0.2) is 44.1 Å². The van der Waals surface area contributed by atoms with Crippen LogP contribution in [0.3, 0.4) is 0 Å². The molecule has 0 bridgehead atoms. The number of nitrogens with zero attached hydrogens (tertiary/aromatic N) is 12. The van der Waals surface area contributed by atoms with Crippen LogP contribution in [0.5, 0.6) is 0 Å². The van der Waals surface area contributed by atoms with Crippen molar-refractivity contribution in [1.82, 2.24) is 38.2 Å². The molecular formula is C120H112N12+4. The number of hydrogen-bond donors (Lipinski definition) is 0. The first-order valence-corrected chi connectivity index (χ1v) is 46.0. The molecule has 12 nitrogen and oxygen atoms in total. The van der Waals surface area contributed by atoms with Gasteiger partial charge in [0, 0.05) is 70.8 Å². The maximum absolute atomic E-state index is 8.48. The second-order valence-corrected chi connectivity index (χ2v) is 38.4. The summed E-state index contributed by atoms with van der Waals surface area (Å²) < 4.78 is 44.1. The summed E-state index contributed by atoms with van der Waals surface area (Å²) >= 11 is 0. The fourth-order valence-electron chi connectivity index (χ4n) is 21.9. The van der Waals surface area contributed by atoms with Crippen molar-refractivity contribution in [2.45, 2.75) is 132 Å². The van der Waals surface area contributed by atoms with Gasteiger partial charge in [-0.2, -0.15) is 18.3 Å². The molecule has 1 unspecified atom stereocenters. The summed E-state index contributed by atoms with van der Waals surface area (Å²) in [5.74, 6) is 4.62. The first-order chi connectivity index (χ1) is 64.8. The molecular weight excluding hydrogens is 1610 g/mol. The number of para-hydroxylation sites is 12. The summed E-state index contributed by atoms with van der Waals surface area (Å²) in [6.07, 6.45) is 0. The Morgan fingerprint density at radius 1 is 0.220 bits per heavy atom. The van der Waals surface area contributed by atoms with E-state index in [2.05, 4.69) is 452 Å². The van der Waals surface area contributed by atoms with Crippen LogP contribution in [0.4, 0.5) is 0 Å². The molecule has 0 fully saturated rings. The lowest BCUT2D eigenvalue weighted by Gasteiger charge is -2.21. The van der Waals surface area contributed by atoms with Gasteiger partial charge in [-0.05, 0) is 268 Å². The van der Waals surface area contributed by atoms with Crippen molar-refractivity contribution < 1.29 is 22.4 Å². The Kier molecular flexibility index (Phi) is 19.2. The second-order valence-electron chi connectivity index (χ2n) is 38.4. The zero-order chi connectivity index (χ0) is 94.1. The maximum atomic E-state index is 8.48. The fraction of sp³-hybridized carbons (Fsp3) is 0.200. The average Bonchev–Trinajstić information content (AvgIpc) is 1.54. The first kappa shape index (κ1) is 80.4. The predicted octanol–water partition coefficient (Wildman–Crippen LogP) is 25.8. The first-order valence-electron chi connectivity index (χ1n) is 47.5. The molecule has 24 rings (SSSR count). The van der Waals surface area contributed by atoms with Gasteiger partial charge in [-0.3, -0.25) is 19.9 Å². The van der Waals surface area contributed by atoms with Crippen molar-refractivity contribution in [2.75, 3.05) is 0 Å². The number of rotatable bonds is 8. The highest BCUT2D eigenvalue weighted by molar-refractivity contribution is 5.92. The highest BCUT2D eigenvalue weighted by Gasteiger charge is 2.45. The summed E-state index contributed by atoms with van der Waals surface area (Å²) in [6.45, 7) is 30.3.